The Kier molecular flexibility index (Phi) is 2.98. The molecule has 0 saturated carbocycles. The highest BCUT2D eigenvalue weighted by atomic mass is 32.1. The van der Waals surface area contributed by atoms with E-state index in [9.17, 15) is 9.59 Å². The Morgan fingerprint density at radius 1 is 1.44 bits per heavy atom. The summed E-state index contributed by atoms with van der Waals surface area (Å²) in [6.45, 7) is 3.65. The van der Waals surface area contributed by atoms with Crippen molar-refractivity contribution >= 4 is 34.7 Å². The first-order chi connectivity index (χ1) is 7.63. The van der Waals surface area contributed by atoms with Crippen molar-refractivity contribution in [2.45, 2.75) is 13.8 Å². The van der Waals surface area contributed by atoms with Crippen LogP contribution in [0.25, 0.3) is 0 Å². The van der Waals surface area contributed by atoms with Crippen LogP contribution in [0.1, 0.15) is 35.5 Å². The zero-order valence-corrected chi connectivity index (χ0v) is 10.4. The van der Waals surface area contributed by atoms with Crippen LogP contribution in [0.4, 0.5) is 0 Å². The van der Waals surface area contributed by atoms with Gasteiger partial charge in [-0.3, -0.25) is 9.59 Å². The summed E-state index contributed by atoms with van der Waals surface area (Å²) in [7, 11) is 0. The lowest BCUT2D eigenvalue weighted by atomic mass is 10.2. The van der Waals surface area contributed by atoms with Crippen molar-refractivity contribution in [3.05, 3.63) is 37.5 Å². The van der Waals surface area contributed by atoms with Gasteiger partial charge in [0.25, 0.3) is 0 Å². The molecule has 0 bridgehead atoms. The Bertz CT molecular complexity index is 554. The van der Waals surface area contributed by atoms with Crippen LogP contribution in [-0.2, 0) is 0 Å². The molecule has 0 unspecified atom stereocenters. The third-order valence-corrected chi connectivity index (χ3v) is 4.25. The number of thiophene rings is 1. The van der Waals surface area contributed by atoms with E-state index in [0.717, 1.165) is 16.9 Å². The largest absolute Gasteiger partial charge is 0.298 e. The highest BCUT2D eigenvalue weighted by Gasteiger charge is 2.17. The molecule has 0 aromatic carbocycles. The van der Waals surface area contributed by atoms with E-state index >= 15 is 0 Å². The molecule has 0 aliphatic heterocycles. The summed E-state index contributed by atoms with van der Waals surface area (Å²) in [5.74, 6) is -0.0406. The molecule has 3 nitrogen and oxygen atoms in total. The minimum atomic E-state index is -0.0406. The number of aldehydes is 1. The van der Waals surface area contributed by atoms with Crippen LogP contribution in [0.5, 0.6) is 0 Å². The van der Waals surface area contributed by atoms with Gasteiger partial charge in [0, 0.05) is 10.4 Å². The summed E-state index contributed by atoms with van der Waals surface area (Å²) in [6.07, 6.45) is 0.780. The van der Waals surface area contributed by atoms with Crippen LogP contribution in [-0.4, -0.2) is 17.1 Å². The number of ketones is 1. The van der Waals surface area contributed by atoms with Crippen molar-refractivity contribution in [1.29, 1.82) is 0 Å². The standard InChI is InChI=1S/C11H9NO2S2/c1-6-11(15-5-12-6)10(14)9-3-8(4-13)7(2)16-9/h3-5H,1-2H3. The molecule has 82 valence electrons. The quantitative estimate of drug-likeness (QED) is 0.622. The van der Waals surface area contributed by atoms with Crippen LogP contribution in [0.3, 0.4) is 0 Å². The first-order valence-electron chi connectivity index (χ1n) is 4.64. The van der Waals surface area contributed by atoms with Crippen molar-refractivity contribution in [2.75, 3.05) is 0 Å². The van der Waals surface area contributed by atoms with E-state index in [1.165, 1.54) is 22.7 Å². The van der Waals surface area contributed by atoms with Gasteiger partial charge < -0.3 is 0 Å². The van der Waals surface area contributed by atoms with Gasteiger partial charge in [0.05, 0.1) is 21.0 Å². The van der Waals surface area contributed by atoms with Gasteiger partial charge >= 0.3 is 0 Å². The van der Waals surface area contributed by atoms with Crippen LogP contribution < -0.4 is 0 Å². The molecule has 0 aliphatic rings. The third-order valence-electron chi connectivity index (χ3n) is 2.26. The van der Waals surface area contributed by atoms with Crippen LogP contribution in [0.2, 0.25) is 0 Å². The van der Waals surface area contributed by atoms with E-state index in [0.29, 0.717) is 15.3 Å². The fourth-order valence-corrected chi connectivity index (χ4v) is 3.11. The summed E-state index contributed by atoms with van der Waals surface area (Å²) in [4.78, 5) is 29.0. The van der Waals surface area contributed by atoms with Gasteiger partial charge in [-0.05, 0) is 19.9 Å². The molecule has 5 heteroatoms. The Balaban J connectivity index is 2.42. The molecule has 0 saturated heterocycles. The highest BCUT2D eigenvalue weighted by molar-refractivity contribution is 7.17. The predicted molar refractivity (Wildman–Crippen MR) is 64.7 cm³/mol. The molecular formula is C11H9NO2S2. The summed E-state index contributed by atoms with van der Waals surface area (Å²) < 4.78 is 0. The summed E-state index contributed by atoms with van der Waals surface area (Å²) in [6, 6.07) is 1.65. The van der Waals surface area contributed by atoms with E-state index < -0.39 is 0 Å². The van der Waals surface area contributed by atoms with Crippen molar-refractivity contribution < 1.29 is 9.59 Å². The van der Waals surface area contributed by atoms with Crippen molar-refractivity contribution in [2.24, 2.45) is 0 Å². The van der Waals surface area contributed by atoms with Gasteiger partial charge in [-0.25, -0.2) is 4.98 Å². The van der Waals surface area contributed by atoms with E-state index in [1.54, 1.807) is 11.6 Å². The zero-order valence-electron chi connectivity index (χ0n) is 8.81. The maximum atomic E-state index is 12.1. The molecule has 0 atom stereocenters. The van der Waals surface area contributed by atoms with E-state index in [4.69, 9.17) is 0 Å². The second-order valence-corrected chi connectivity index (χ2v) is 5.45. The van der Waals surface area contributed by atoms with Crippen molar-refractivity contribution in [1.82, 2.24) is 4.98 Å². The van der Waals surface area contributed by atoms with Gasteiger partial charge in [0.2, 0.25) is 5.78 Å². The van der Waals surface area contributed by atoms with Gasteiger partial charge in [0.15, 0.2) is 6.29 Å². The molecule has 2 heterocycles. The topological polar surface area (TPSA) is 47.0 Å². The molecule has 16 heavy (non-hydrogen) atoms. The Hall–Kier alpha value is -1.33. The van der Waals surface area contributed by atoms with E-state index in [2.05, 4.69) is 4.98 Å². The number of rotatable bonds is 3. The molecule has 2 rings (SSSR count). The Morgan fingerprint density at radius 3 is 2.69 bits per heavy atom. The predicted octanol–water partition coefficient (Wildman–Crippen LogP) is 2.86. The lowest BCUT2D eigenvalue weighted by molar-refractivity contribution is 0.104. The summed E-state index contributed by atoms with van der Waals surface area (Å²) in [5.41, 5.74) is 2.99. The maximum absolute atomic E-state index is 12.1. The Labute approximate surface area is 101 Å². The zero-order chi connectivity index (χ0) is 11.7. The first-order valence-corrected chi connectivity index (χ1v) is 6.33. The smallest absolute Gasteiger partial charge is 0.214 e. The molecule has 2 aromatic heterocycles. The molecule has 0 fully saturated rings. The molecule has 0 aliphatic carbocycles. The van der Waals surface area contributed by atoms with Gasteiger partial charge in [-0.15, -0.1) is 22.7 Å². The van der Waals surface area contributed by atoms with Crippen LogP contribution >= 0.6 is 22.7 Å². The first kappa shape index (κ1) is 11.2. The van der Waals surface area contributed by atoms with Gasteiger partial charge in [-0.2, -0.15) is 0 Å². The van der Waals surface area contributed by atoms with Crippen LogP contribution in [0, 0.1) is 13.8 Å². The SMILES string of the molecule is Cc1ncsc1C(=O)c1cc(C=O)c(C)s1. The number of thiazole rings is 1. The average Bonchev–Trinajstić information content (AvgIpc) is 2.83. The molecule has 0 amide bonds. The van der Waals surface area contributed by atoms with Crippen molar-refractivity contribution in [3.8, 4) is 0 Å². The second kappa shape index (κ2) is 4.27. The second-order valence-electron chi connectivity index (χ2n) is 3.34. The third kappa shape index (κ3) is 1.83. The number of aryl methyl sites for hydroxylation is 2. The lowest BCUT2D eigenvalue weighted by Crippen LogP contribution is -1.97. The highest BCUT2D eigenvalue weighted by Crippen LogP contribution is 2.25. The van der Waals surface area contributed by atoms with Crippen molar-refractivity contribution in [3.63, 3.8) is 0 Å². The minimum absolute atomic E-state index is 0.0406. The normalized spacial score (nSPS) is 10.4. The van der Waals surface area contributed by atoms with Crippen LogP contribution in [0.15, 0.2) is 11.6 Å². The summed E-state index contributed by atoms with van der Waals surface area (Å²) in [5, 5.41) is 0. The average molecular weight is 251 g/mol. The number of carbonyl (C=O) groups is 2. The number of hydrogen-bond donors (Lipinski definition) is 0. The van der Waals surface area contributed by atoms with E-state index in [1.807, 2.05) is 13.8 Å². The molecule has 0 radical (unpaired) electrons. The fraction of sp³-hybridized carbons (Fsp3) is 0.182. The van der Waals surface area contributed by atoms with Gasteiger partial charge in [0.1, 0.15) is 0 Å². The Morgan fingerprint density at radius 2 is 2.19 bits per heavy atom. The molecule has 0 N–H and O–H groups in total. The minimum Gasteiger partial charge on any atom is -0.298 e. The number of aromatic nitrogens is 1. The number of nitrogens with zero attached hydrogens (tertiary/aromatic N) is 1. The molecule has 0 spiro atoms. The monoisotopic (exact) mass is 251 g/mol. The fourth-order valence-electron chi connectivity index (χ4n) is 1.36. The summed E-state index contributed by atoms with van der Waals surface area (Å²) >= 11 is 2.68. The van der Waals surface area contributed by atoms with E-state index in [-0.39, 0.29) is 5.78 Å². The molecular weight excluding hydrogens is 242 g/mol. The number of carbonyl (C=O) groups excluding carboxylic acids is 2. The van der Waals surface area contributed by atoms with Gasteiger partial charge in [-0.1, -0.05) is 0 Å². The molecule has 2 aromatic rings. The maximum Gasteiger partial charge on any atom is 0.214 e. The lowest BCUT2D eigenvalue weighted by Gasteiger charge is -1.93. The number of hydrogen-bond acceptors (Lipinski definition) is 5.